The molecule has 0 unspecified atom stereocenters. The highest BCUT2D eigenvalue weighted by molar-refractivity contribution is 5.98. The van der Waals surface area contributed by atoms with Crippen molar-refractivity contribution in [2.24, 2.45) is 0 Å². The number of likely N-dealkylation sites (tertiary alicyclic amines) is 1. The normalized spacial score (nSPS) is 16.3. The molecule has 1 aliphatic rings. The number of carbonyl (C=O) groups excluding carboxylic acids is 2. The van der Waals surface area contributed by atoms with Gasteiger partial charge in [-0.15, -0.1) is 0 Å². The smallest absolute Gasteiger partial charge is 0.237 e. The number of amides is 1. The molecule has 1 N–H and O–H groups in total. The van der Waals surface area contributed by atoms with Gasteiger partial charge in [-0.2, -0.15) is 0 Å². The highest BCUT2D eigenvalue weighted by Gasteiger charge is 2.31. The predicted octanol–water partition coefficient (Wildman–Crippen LogP) is 4.32. The third kappa shape index (κ3) is 4.84. The predicted molar refractivity (Wildman–Crippen MR) is 119 cm³/mol. The molecule has 0 aliphatic carbocycles. The van der Waals surface area contributed by atoms with Crippen LogP contribution in [0.15, 0.2) is 84.9 Å². The van der Waals surface area contributed by atoms with Gasteiger partial charge in [-0.1, -0.05) is 84.9 Å². The minimum Gasteiger partial charge on any atom is -0.351 e. The van der Waals surface area contributed by atoms with Crippen LogP contribution in [0.1, 0.15) is 28.8 Å². The topological polar surface area (TPSA) is 49.4 Å². The van der Waals surface area contributed by atoms with E-state index in [9.17, 15) is 9.59 Å². The van der Waals surface area contributed by atoms with E-state index in [4.69, 9.17) is 0 Å². The van der Waals surface area contributed by atoms with Gasteiger partial charge in [0.2, 0.25) is 5.91 Å². The molecular weight excluding hydrogens is 372 g/mol. The summed E-state index contributed by atoms with van der Waals surface area (Å²) < 4.78 is 0. The van der Waals surface area contributed by atoms with E-state index in [0.717, 1.165) is 36.1 Å². The molecule has 3 aromatic carbocycles. The van der Waals surface area contributed by atoms with Crippen molar-refractivity contribution in [3.05, 3.63) is 96.1 Å². The van der Waals surface area contributed by atoms with E-state index >= 15 is 0 Å². The molecule has 0 radical (unpaired) electrons. The van der Waals surface area contributed by atoms with Gasteiger partial charge >= 0.3 is 0 Å². The maximum absolute atomic E-state index is 12.8. The number of ketones is 1. The second-order valence-corrected chi connectivity index (χ2v) is 7.70. The van der Waals surface area contributed by atoms with Crippen LogP contribution in [0.4, 0.5) is 0 Å². The standard InChI is InChI=1S/C26H26N2O2/c29-25(23-15-13-22(14-16-23)21-10-5-2-6-11-21)19-28-17-7-12-24(28)26(30)27-18-20-8-3-1-4-9-20/h1-6,8-11,13-16,24H,7,12,17-19H2,(H,27,30)/t24-/m0/s1. The molecule has 4 nitrogen and oxygen atoms in total. The Morgan fingerprint density at radius 2 is 1.47 bits per heavy atom. The van der Waals surface area contributed by atoms with E-state index in [2.05, 4.69) is 17.4 Å². The first-order valence-electron chi connectivity index (χ1n) is 10.4. The molecule has 1 heterocycles. The Balaban J connectivity index is 1.35. The molecule has 0 bridgehead atoms. The summed E-state index contributed by atoms with van der Waals surface area (Å²) in [5.74, 6) is 0.0564. The zero-order chi connectivity index (χ0) is 20.8. The molecule has 4 heteroatoms. The molecule has 4 rings (SSSR count). The van der Waals surface area contributed by atoms with Crippen molar-refractivity contribution < 1.29 is 9.59 Å². The summed E-state index contributed by atoms with van der Waals surface area (Å²) in [5, 5.41) is 3.02. The van der Waals surface area contributed by atoms with Crippen molar-refractivity contribution in [1.29, 1.82) is 0 Å². The Kier molecular flexibility index (Phi) is 6.35. The number of hydrogen-bond acceptors (Lipinski definition) is 3. The second kappa shape index (κ2) is 9.51. The van der Waals surface area contributed by atoms with Gasteiger partial charge in [-0.3, -0.25) is 14.5 Å². The van der Waals surface area contributed by atoms with Crippen LogP contribution in [-0.2, 0) is 11.3 Å². The zero-order valence-electron chi connectivity index (χ0n) is 17.0. The first-order valence-corrected chi connectivity index (χ1v) is 10.4. The quantitative estimate of drug-likeness (QED) is 0.603. The van der Waals surface area contributed by atoms with E-state index in [1.807, 2.05) is 77.7 Å². The highest BCUT2D eigenvalue weighted by Crippen LogP contribution is 2.21. The molecule has 3 aromatic rings. The van der Waals surface area contributed by atoms with Gasteiger partial charge in [0.1, 0.15) is 0 Å². The van der Waals surface area contributed by atoms with Crippen molar-refractivity contribution in [3.63, 3.8) is 0 Å². The molecular formula is C26H26N2O2. The molecule has 0 saturated carbocycles. The zero-order valence-corrected chi connectivity index (χ0v) is 17.0. The van der Waals surface area contributed by atoms with Gasteiger partial charge in [0.15, 0.2) is 5.78 Å². The largest absolute Gasteiger partial charge is 0.351 e. The molecule has 1 fully saturated rings. The summed E-state index contributed by atoms with van der Waals surface area (Å²) in [6.45, 7) is 1.56. The van der Waals surface area contributed by atoms with Crippen LogP contribution in [0.5, 0.6) is 0 Å². The molecule has 0 spiro atoms. The molecule has 1 atom stereocenters. The van der Waals surface area contributed by atoms with E-state index in [1.165, 1.54) is 0 Å². The lowest BCUT2D eigenvalue weighted by Gasteiger charge is -2.23. The summed E-state index contributed by atoms with van der Waals surface area (Å²) in [6, 6.07) is 27.5. The van der Waals surface area contributed by atoms with Crippen molar-refractivity contribution >= 4 is 11.7 Å². The monoisotopic (exact) mass is 398 g/mol. The first kappa shape index (κ1) is 20.0. The third-order valence-corrected chi connectivity index (χ3v) is 5.64. The number of rotatable bonds is 7. The number of hydrogen-bond donors (Lipinski definition) is 1. The number of nitrogens with one attached hydrogen (secondary N) is 1. The lowest BCUT2D eigenvalue weighted by atomic mass is 10.0. The van der Waals surface area contributed by atoms with Crippen molar-refractivity contribution in [3.8, 4) is 11.1 Å². The average molecular weight is 399 g/mol. The molecule has 1 aliphatic heterocycles. The Morgan fingerprint density at radius 1 is 0.833 bits per heavy atom. The first-order chi connectivity index (χ1) is 14.7. The fourth-order valence-corrected chi connectivity index (χ4v) is 3.97. The number of Topliss-reactive ketones (excluding diaryl/α,β-unsaturated/α-hetero) is 1. The van der Waals surface area contributed by atoms with E-state index in [-0.39, 0.29) is 24.3 Å². The third-order valence-electron chi connectivity index (χ3n) is 5.64. The second-order valence-electron chi connectivity index (χ2n) is 7.70. The van der Waals surface area contributed by atoms with Gasteiger partial charge in [0, 0.05) is 12.1 Å². The van der Waals surface area contributed by atoms with Gasteiger partial charge in [0.25, 0.3) is 0 Å². The average Bonchev–Trinajstić information content (AvgIpc) is 3.27. The van der Waals surface area contributed by atoms with Crippen molar-refractivity contribution in [2.45, 2.75) is 25.4 Å². The maximum atomic E-state index is 12.8. The summed E-state index contributed by atoms with van der Waals surface area (Å²) >= 11 is 0. The van der Waals surface area contributed by atoms with Crippen molar-refractivity contribution in [1.82, 2.24) is 10.2 Å². The van der Waals surface area contributed by atoms with Crippen LogP contribution in [0.25, 0.3) is 11.1 Å². The van der Waals surface area contributed by atoms with Gasteiger partial charge in [-0.05, 0) is 36.1 Å². The lowest BCUT2D eigenvalue weighted by molar-refractivity contribution is -0.125. The Hall–Kier alpha value is -3.24. The van der Waals surface area contributed by atoms with Crippen LogP contribution in [0, 0.1) is 0 Å². The Labute approximate surface area is 177 Å². The maximum Gasteiger partial charge on any atom is 0.237 e. The van der Waals surface area contributed by atoms with E-state index < -0.39 is 0 Å². The van der Waals surface area contributed by atoms with Crippen LogP contribution in [0.3, 0.4) is 0 Å². The lowest BCUT2D eigenvalue weighted by Crippen LogP contribution is -2.44. The van der Waals surface area contributed by atoms with Crippen LogP contribution in [0.2, 0.25) is 0 Å². The summed E-state index contributed by atoms with van der Waals surface area (Å²) in [6.07, 6.45) is 1.73. The molecule has 152 valence electrons. The van der Waals surface area contributed by atoms with Gasteiger partial charge in [0.05, 0.1) is 12.6 Å². The van der Waals surface area contributed by atoms with E-state index in [1.54, 1.807) is 0 Å². The fourth-order valence-electron chi connectivity index (χ4n) is 3.97. The Bertz CT molecular complexity index is 985. The minimum absolute atomic E-state index is 0.00331. The number of benzene rings is 3. The van der Waals surface area contributed by atoms with E-state index in [0.29, 0.717) is 12.1 Å². The Morgan fingerprint density at radius 3 is 2.17 bits per heavy atom. The number of carbonyl (C=O) groups is 2. The molecule has 1 saturated heterocycles. The molecule has 0 aromatic heterocycles. The molecule has 30 heavy (non-hydrogen) atoms. The van der Waals surface area contributed by atoms with Crippen LogP contribution >= 0.6 is 0 Å². The summed E-state index contributed by atoms with van der Waals surface area (Å²) in [7, 11) is 0. The SMILES string of the molecule is O=C(CN1CCC[C@H]1C(=O)NCc1ccccc1)c1ccc(-c2ccccc2)cc1. The van der Waals surface area contributed by atoms with Crippen molar-refractivity contribution in [2.75, 3.05) is 13.1 Å². The molecule has 1 amide bonds. The van der Waals surface area contributed by atoms with Gasteiger partial charge in [-0.25, -0.2) is 0 Å². The summed E-state index contributed by atoms with van der Waals surface area (Å²) in [4.78, 5) is 27.5. The highest BCUT2D eigenvalue weighted by atomic mass is 16.2. The van der Waals surface area contributed by atoms with Crippen LogP contribution in [-0.4, -0.2) is 35.7 Å². The fraction of sp³-hybridized carbons (Fsp3) is 0.231. The van der Waals surface area contributed by atoms with Crippen LogP contribution < -0.4 is 5.32 Å². The van der Waals surface area contributed by atoms with Gasteiger partial charge < -0.3 is 5.32 Å². The number of nitrogens with zero attached hydrogens (tertiary/aromatic N) is 1. The minimum atomic E-state index is -0.235. The summed E-state index contributed by atoms with van der Waals surface area (Å²) in [5.41, 5.74) is 3.98.